The van der Waals surface area contributed by atoms with Crippen LogP contribution in [0, 0.1) is 23.7 Å². The minimum absolute atomic E-state index is 0.0174. The van der Waals surface area contributed by atoms with Crippen LogP contribution in [-0.4, -0.2) is 16.6 Å². The SMILES string of the molecule is C#CCOc1ccc(-c2nc(N)nc(N)c2C#N)cc1Cl. The predicted molar refractivity (Wildman–Crippen MR) is 80.3 cm³/mol. The maximum Gasteiger partial charge on any atom is 0.222 e. The van der Waals surface area contributed by atoms with Crippen LogP contribution in [0.5, 0.6) is 5.75 Å². The van der Waals surface area contributed by atoms with Crippen LogP contribution in [0.2, 0.25) is 5.02 Å². The molecule has 0 aliphatic rings. The molecule has 1 heterocycles. The zero-order valence-corrected chi connectivity index (χ0v) is 11.6. The monoisotopic (exact) mass is 299 g/mol. The van der Waals surface area contributed by atoms with Crippen molar-refractivity contribution in [2.24, 2.45) is 0 Å². The van der Waals surface area contributed by atoms with E-state index in [-0.39, 0.29) is 23.9 Å². The van der Waals surface area contributed by atoms with Crippen molar-refractivity contribution in [2.75, 3.05) is 18.1 Å². The fourth-order valence-electron chi connectivity index (χ4n) is 1.70. The third-order valence-corrected chi connectivity index (χ3v) is 2.88. The highest BCUT2D eigenvalue weighted by Crippen LogP contribution is 2.32. The van der Waals surface area contributed by atoms with Gasteiger partial charge in [-0.05, 0) is 18.2 Å². The highest BCUT2D eigenvalue weighted by molar-refractivity contribution is 6.32. The molecule has 0 bridgehead atoms. The van der Waals surface area contributed by atoms with Crippen LogP contribution in [0.1, 0.15) is 5.56 Å². The van der Waals surface area contributed by atoms with Gasteiger partial charge >= 0.3 is 0 Å². The number of rotatable bonds is 3. The summed E-state index contributed by atoms with van der Waals surface area (Å²) in [5.74, 6) is 2.78. The largest absolute Gasteiger partial charge is 0.479 e. The van der Waals surface area contributed by atoms with Crippen molar-refractivity contribution >= 4 is 23.4 Å². The van der Waals surface area contributed by atoms with E-state index in [1.54, 1.807) is 18.2 Å². The van der Waals surface area contributed by atoms with Gasteiger partial charge in [-0.1, -0.05) is 17.5 Å². The Hall–Kier alpha value is -2.96. The molecule has 0 spiro atoms. The molecular formula is C14H10ClN5O. The van der Waals surface area contributed by atoms with E-state index in [1.165, 1.54) is 0 Å². The molecule has 2 rings (SSSR count). The molecule has 0 aliphatic heterocycles. The summed E-state index contributed by atoms with van der Waals surface area (Å²) in [6.45, 7) is 0.107. The van der Waals surface area contributed by atoms with Gasteiger partial charge in [-0.2, -0.15) is 10.2 Å². The Morgan fingerprint density at radius 2 is 2.10 bits per heavy atom. The number of ether oxygens (including phenoxy) is 1. The number of hydrogen-bond donors (Lipinski definition) is 2. The smallest absolute Gasteiger partial charge is 0.222 e. The van der Waals surface area contributed by atoms with Gasteiger partial charge in [0.1, 0.15) is 29.8 Å². The Labute approximate surface area is 126 Å². The van der Waals surface area contributed by atoms with E-state index in [0.717, 1.165) is 0 Å². The molecule has 4 N–H and O–H groups in total. The third-order valence-electron chi connectivity index (χ3n) is 2.58. The second kappa shape index (κ2) is 6.00. The number of nitriles is 1. The van der Waals surface area contributed by atoms with Crippen molar-refractivity contribution < 1.29 is 4.74 Å². The van der Waals surface area contributed by atoms with Crippen LogP contribution in [0.15, 0.2) is 18.2 Å². The molecule has 0 unspecified atom stereocenters. The van der Waals surface area contributed by atoms with Gasteiger partial charge in [0.25, 0.3) is 0 Å². The fourth-order valence-corrected chi connectivity index (χ4v) is 1.93. The first-order chi connectivity index (χ1) is 10.1. The lowest BCUT2D eigenvalue weighted by molar-refractivity contribution is 0.370. The van der Waals surface area contributed by atoms with E-state index in [9.17, 15) is 0 Å². The van der Waals surface area contributed by atoms with E-state index >= 15 is 0 Å². The zero-order valence-electron chi connectivity index (χ0n) is 10.8. The first-order valence-electron chi connectivity index (χ1n) is 5.76. The molecule has 104 valence electrons. The third kappa shape index (κ3) is 2.97. The average Bonchev–Trinajstić information content (AvgIpc) is 2.45. The summed E-state index contributed by atoms with van der Waals surface area (Å²) in [7, 11) is 0. The van der Waals surface area contributed by atoms with Gasteiger partial charge in [0.2, 0.25) is 5.95 Å². The van der Waals surface area contributed by atoms with Gasteiger partial charge in [0, 0.05) is 5.56 Å². The van der Waals surface area contributed by atoms with Crippen LogP contribution in [0.3, 0.4) is 0 Å². The Morgan fingerprint density at radius 1 is 1.33 bits per heavy atom. The van der Waals surface area contributed by atoms with E-state index in [1.807, 2.05) is 6.07 Å². The Bertz CT molecular complexity index is 776. The summed E-state index contributed by atoms with van der Waals surface area (Å²) in [5, 5.41) is 9.50. The second-order valence-corrected chi connectivity index (χ2v) is 4.35. The van der Waals surface area contributed by atoms with Gasteiger partial charge in [0.15, 0.2) is 0 Å². The lowest BCUT2D eigenvalue weighted by Crippen LogP contribution is -2.05. The number of aromatic nitrogens is 2. The average molecular weight is 300 g/mol. The topological polar surface area (TPSA) is 111 Å². The van der Waals surface area contributed by atoms with Crippen molar-refractivity contribution in [2.45, 2.75) is 0 Å². The molecule has 0 fully saturated rings. The fraction of sp³-hybridized carbons (Fsp3) is 0.0714. The standard InChI is InChI=1S/C14H10ClN5O/c1-2-5-21-11-4-3-8(6-10(11)15)12-9(7-16)13(17)20-14(18)19-12/h1,3-4,6H,5H2,(H4,17,18,19,20). The van der Waals surface area contributed by atoms with Crippen molar-refractivity contribution in [3.05, 3.63) is 28.8 Å². The molecule has 6 nitrogen and oxygen atoms in total. The van der Waals surface area contributed by atoms with Gasteiger partial charge in [-0.3, -0.25) is 0 Å². The Balaban J connectivity index is 2.51. The lowest BCUT2D eigenvalue weighted by atomic mass is 10.1. The molecule has 1 aromatic heterocycles. The molecule has 0 saturated heterocycles. The number of hydrogen-bond acceptors (Lipinski definition) is 6. The second-order valence-electron chi connectivity index (χ2n) is 3.94. The van der Waals surface area contributed by atoms with Gasteiger partial charge in [-0.15, -0.1) is 6.42 Å². The summed E-state index contributed by atoms with van der Waals surface area (Å²) < 4.78 is 5.27. The molecule has 0 saturated carbocycles. The molecule has 2 aromatic rings. The first kappa shape index (κ1) is 14.4. The highest BCUT2D eigenvalue weighted by atomic mass is 35.5. The number of nitrogen functional groups attached to an aromatic ring is 2. The highest BCUT2D eigenvalue weighted by Gasteiger charge is 2.14. The molecule has 0 amide bonds. The number of terminal acetylenes is 1. The maximum absolute atomic E-state index is 9.16. The van der Waals surface area contributed by atoms with E-state index < -0.39 is 0 Å². The predicted octanol–water partition coefficient (Wildman–Crippen LogP) is 1.85. The van der Waals surface area contributed by atoms with Crippen LogP contribution < -0.4 is 16.2 Å². The number of benzene rings is 1. The molecule has 21 heavy (non-hydrogen) atoms. The summed E-state index contributed by atoms with van der Waals surface area (Å²) in [4.78, 5) is 7.79. The van der Waals surface area contributed by atoms with Crippen molar-refractivity contribution in [1.82, 2.24) is 9.97 Å². The van der Waals surface area contributed by atoms with Crippen molar-refractivity contribution in [3.8, 4) is 35.4 Å². The minimum atomic E-state index is -0.0229. The molecule has 1 aromatic carbocycles. The summed E-state index contributed by atoms with van der Waals surface area (Å²) in [6, 6.07) is 6.85. The first-order valence-corrected chi connectivity index (χ1v) is 6.14. The van der Waals surface area contributed by atoms with Gasteiger partial charge in [0.05, 0.1) is 10.7 Å². The number of anilines is 2. The maximum atomic E-state index is 9.16. The number of halogens is 1. The van der Waals surface area contributed by atoms with Crippen LogP contribution in [0.25, 0.3) is 11.3 Å². The Morgan fingerprint density at radius 3 is 2.71 bits per heavy atom. The summed E-state index contributed by atoms with van der Waals surface area (Å²) in [5.41, 5.74) is 12.3. The van der Waals surface area contributed by atoms with Crippen LogP contribution >= 0.6 is 11.6 Å². The quantitative estimate of drug-likeness (QED) is 0.837. The molecule has 0 atom stereocenters. The summed E-state index contributed by atoms with van der Waals surface area (Å²) >= 11 is 6.11. The molecular weight excluding hydrogens is 290 g/mol. The number of nitrogens with two attached hydrogens (primary N) is 2. The van der Waals surface area contributed by atoms with Crippen LogP contribution in [0.4, 0.5) is 11.8 Å². The van der Waals surface area contributed by atoms with Crippen molar-refractivity contribution in [1.29, 1.82) is 5.26 Å². The normalized spacial score (nSPS) is 9.67. The van der Waals surface area contributed by atoms with Gasteiger partial charge in [-0.25, -0.2) is 4.98 Å². The van der Waals surface area contributed by atoms with E-state index in [2.05, 4.69) is 15.9 Å². The zero-order chi connectivity index (χ0) is 15.4. The van der Waals surface area contributed by atoms with Crippen LogP contribution in [-0.2, 0) is 0 Å². The van der Waals surface area contributed by atoms with E-state index in [4.69, 9.17) is 39.5 Å². The van der Waals surface area contributed by atoms with E-state index in [0.29, 0.717) is 22.0 Å². The molecule has 0 radical (unpaired) electrons. The van der Waals surface area contributed by atoms with Gasteiger partial charge < -0.3 is 16.2 Å². The van der Waals surface area contributed by atoms with Crippen molar-refractivity contribution in [3.63, 3.8) is 0 Å². The lowest BCUT2D eigenvalue weighted by Gasteiger charge is -2.09. The number of nitrogens with zero attached hydrogens (tertiary/aromatic N) is 3. The summed E-state index contributed by atoms with van der Waals surface area (Å²) in [6.07, 6.45) is 5.12. The minimum Gasteiger partial charge on any atom is -0.479 e. The molecule has 7 heteroatoms. The Kier molecular flexibility index (Phi) is 4.13. The molecule has 0 aliphatic carbocycles.